The summed E-state index contributed by atoms with van der Waals surface area (Å²) in [5, 5.41) is 2.67. The lowest BCUT2D eigenvalue weighted by molar-refractivity contribution is -0.146. The predicted molar refractivity (Wildman–Crippen MR) is 97.4 cm³/mol. The number of carbonyl (C=O) groups is 3. The van der Waals surface area contributed by atoms with Gasteiger partial charge in [0.2, 0.25) is 5.91 Å². The Hall–Kier alpha value is -0.980. The predicted octanol–water partition coefficient (Wildman–Crippen LogP) is 3.10. The Morgan fingerprint density at radius 1 is 1.36 bits per heavy atom. The van der Waals surface area contributed by atoms with E-state index in [0.29, 0.717) is 18.6 Å². The number of methoxy groups -OCH3 is 1. The second-order valence-corrected chi connectivity index (χ2v) is 8.25. The first-order valence-corrected chi connectivity index (χ1v) is 9.26. The number of nitrogens with zero attached hydrogens (tertiary/aromatic N) is 1. The van der Waals surface area contributed by atoms with Gasteiger partial charge in [0.25, 0.3) is 11.8 Å². The van der Waals surface area contributed by atoms with E-state index in [1.165, 1.54) is 13.2 Å². The molecule has 0 bridgehead atoms. The Balaban J connectivity index is 3.00. The van der Waals surface area contributed by atoms with E-state index in [2.05, 4.69) is 5.32 Å². The summed E-state index contributed by atoms with van der Waals surface area (Å²) in [5.74, 6) is -0.893. The maximum Gasteiger partial charge on any atom is 0.257 e. The van der Waals surface area contributed by atoms with Crippen molar-refractivity contribution in [2.24, 2.45) is 0 Å². The molecule has 0 saturated carbocycles. The first-order valence-electron chi connectivity index (χ1n) is 8.13. The van der Waals surface area contributed by atoms with E-state index in [0.717, 1.165) is 4.90 Å². The molecule has 1 rings (SSSR count). The van der Waals surface area contributed by atoms with Crippen LogP contribution < -0.4 is 5.32 Å². The van der Waals surface area contributed by atoms with Crippen LogP contribution in [0.5, 0.6) is 0 Å². The number of ether oxygens (including phenoxy) is 1. The zero-order valence-corrected chi connectivity index (χ0v) is 16.7. The number of hydrogen-bond acceptors (Lipinski definition) is 4. The molecule has 0 aromatic carbocycles. The molecule has 142 valence electrons. The lowest BCUT2D eigenvalue weighted by atomic mass is 10.1. The van der Waals surface area contributed by atoms with Crippen LogP contribution in [0.25, 0.3) is 0 Å². The average molecular weight is 414 g/mol. The van der Waals surface area contributed by atoms with Gasteiger partial charge in [0.15, 0.2) is 3.79 Å². The topological polar surface area (TPSA) is 75.7 Å². The highest BCUT2D eigenvalue weighted by atomic mass is 35.6. The van der Waals surface area contributed by atoms with Crippen LogP contribution in [-0.4, -0.2) is 45.6 Å². The lowest BCUT2D eigenvalue weighted by Gasteiger charge is -2.29. The third-order valence-corrected chi connectivity index (χ3v) is 4.42. The first-order chi connectivity index (χ1) is 11.6. The van der Waals surface area contributed by atoms with Gasteiger partial charge < -0.3 is 10.1 Å². The number of rotatable bonds is 8. The molecule has 25 heavy (non-hydrogen) atoms. The molecule has 9 heteroatoms. The van der Waals surface area contributed by atoms with Crippen LogP contribution in [-0.2, 0) is 19.1 Å². The maximum atomic E-state index is 12.9. The third kappa shape index (κ3) is 6.35. The molecular formula is C16H23Cl3N2O4. The van der Waals surface area contributed by atoms with Crippen molar-refractivity contribution in [2.45, 2.75) is 61.8 Å². The molecule has 0 aromatic rings. The third-order valence-electron chi connectivity index (χ3n) is 3.85. The van der Waals surface area contributed by atoms with E-state index in [1.54, 1.807) is 6.92 Å². The Kier molecular flexibility index (Phi) is 8.51. The Morgan fingerprint density at radius 2 is 2.00 bits per heavy atom. The SMILES string of the molecule is CCC[C@@H](NC(=O)CC)C(=O)N1C(=O)C=C(OC)[C@H]1CCC(Cl)(Cl)Cl. The molecule has 0 saturated heterocycles. The van der Waals surface area contributed by atoms with Crippen molar-refractivity contribution in [3.63, 3.8) is 0 Å². The summed E-state index contributed by atoms with van der Waals surface area (Å²) >= 11 is 17.4. The van der Waals surface area contributed by atoms with Crippen molar-refractivity contribution in [1.82, 2.24) is 10.2 Å². The molecule has 1 aliphatic rings. The van der Waals surface area contributed by atoms with Gasteiger partial charge in [-0.1, -0.05) is 55.1 Å². The lowest BCUT2D eigenvalue weighted by Crippen LogP contribution is -2.52. The van der Waals surface area contributed by atoms with Crippen molar-refractivity contribution in [3.05, 3.63) is 11.8 Å². The molecule has 6 nitrogen and oxygen atoms in total. The largest absolute Gasteiger partial charge is 0.499 e. The van der Waals surface area contributed by atoms with Crippen LogP contribution in [0.3, 0.4) is 0 Å². The van der Waals surface area contributed by atoms with Gasteiger partial charge in [-0.25, -0.2) is 0 Å². The number of amides is 3. The zero-order valence-electron chi connectivity index (χ0n) is 14.5. The second-order valence-electron chi connectivity index (χ2n) is 5.73. The smallest absolute Gasteiger partial charge is 0.257 e. The molecule has 1 N–H and O–H groups in total. The monoisotopic (exact) mass is 412 g/mol. The quantitative estimate of drug-likeness (QED) is 0.620. The van der Waals surface area contributed by atoms with Crippen LogP contribution in [0, 0.1) is 0 Å². The van der Waals surface area contributed by atoms with E-state index in [9.17, 15) is 14.4 Å². The Bertz CT molecular complexity index is 546. The molecule has 0 fully saturated rings. The molecule has 0 unspecified atom stereocenters. The summed E-state index contributed by atoms with van der Waals surface area (Å²) in [6, 6.07) is -1.43. The molecule has 2 atom stereocenters. The fraction of sp³-hybridized carbons (Fsp3) is 0.688. The van der Waals surface area contributed by atoms with Crippen molar-refractivity contribution in [3.8, 4) is 0 Å². The summed E-state index contributed by atoms with van der Waals surface area (Å²) in [5.41, 5.74) is 0. The van der Waals surface area contributed by atoms with Crippen LogP contribution in [0.2, 0.25) is 0 Å². The van der Waals surface area contributed by atoms with Gasteiger partial charge in [0.05, 0.1) is 13.2 Å². The molecule has 0 aliphatic carbocycles. The number of halogens is 3. The van der Waals surface area contributed by atoms with Crippen LogP contribution in [0.1, 0.15) is 46.0 Å². The van der Waals surface area contributed by atoms with Crippen LogP contribution in [0.15, 0.2) is 11.8 Å². The van der Waals surface area contributed by atoms with Crippen molar-refractivity contribution < 1.29 is 19.1 Å². The highest BCUT2D eigenvalue weighted by molar-refractivity contribution is 6.67. The fourth-order valence-corrected chi connectivity index (χ4v) is 2.93. The standard InChI is InChI=1S/C16H23Cl3N2O4/c1-4-6-10(20-13(22)5-2)15(24)21-11(7-8-16(17,18)19)12(25-3)9-14(21)23/h9-11H,4-8H2,1-3H3,(H,20,22)/t10-,11-/m1/s1. The minimum atomic E-state index is -1.50. The Morgan fingerprint density at radius 3 is 2.48 bits per heavy atom. The summed E-state index contributed by atoms with van der Waals surface area (Å²) in [6.07, 6.45) is 2.99. The van der Waals surface area contributed by atoms with Crippen LogP contribution >= 0.6 is 34.8 Å². The molecule has 0 radical (unpaired) electrons. The number of hydrogen-bond donors (Lipinski definition) is 1. The van der Waals surface area contributed by atoms with Crippen molar-refractivity contribution >= 4 is 52.5 Å². The second kappa shape index (κ2) is 9.64. The van der Waals surface area contributed by atoms with Gasteiger partial charge in [-0.2, -0.15) is 0 Å². The summed E-state index contributed by atoms with van der Waals surface area (Å²) < 4.78 is 3.71. The van der Waals surface area contributed by atoms with E-state index < -0.39 is 27.7 Å². The fourth-order valence-electron chi connectivity index (χ4n) is 2.61. The number of alkyl halides is 3. The van der Waals surface area contributed by atoms with Gasteiger partial charge in [-0.15, -0.1) is 0 Å². The highest BCUT2D eigenvalue weighted by Crippen LogP contribution is 2.35. The van der Waals surface area contributed by atoms with Gasteiger partial charge in [0.1, 0.15) is 11.8 Å². The summed E-state index contributed by atoms with van der Waals surface area (Å²) in [6.45, 7) is 3.58. The molecule has 0 spiro atoms. The number of nitrogens with one attached hydrogen (secondary N) is 1. The van der Waals surface area contributed by atoms with Gasteiger partial charge in [0, 0.05) is 12.5 Å². The zero-order chi connectivity index (χ0) is 19.2. The van der Waals surface area contributed by atoms with Gasteiger partial charge in [-0.3, -0.25) is 19.3 Å². The van der Waals surface area contributed by atoms with E-state index in [-0.39, 0.29) is 25.2 Å². The highest BCUT2D eigenvalue weighted by Gasteiger charge is 2.41. The molecule has 1 heterocycles. The minimum absolute atomic E-state index is 0.139. The summed E-state index contributed by atoms with van der Waals surface area (Å²) in [4.78, 5) is 38.0. The van der Waals surface area contributed by atoms with E-state index >= 15 is 0 Å². The average Bonchev–Trinajstić information content (AvgIpc) is 2.86. The van der Waals surface area contributed by atoms with Gasteiger partial charge >= 0.3 is 0 Å². The van der Waals surface area contributed by atoms with Gasteiger partial charge in [-0.05, 0) is 19.3 Å². The number of imide groups is 1. The van der Waals surface area contributed by atoms with Crippen LogP contribution in [0.4, 0.5) is 0 Å². The van der Waals surface area contributed by atoms with Crippen molar-refractivity contribution in [1.29, 1.82) is 0 Å². The molecule has 3 amide bonds. The number of carbonyl (C=O) groups excluding carboxylic acids is 3. The summed E-state index contributed by atoms with van der Waals surface area (Å²) in [7, 11) is 1.41. The van der Waals surface area contributed by atoms with E-state index in [4.69, 9.17) is 39.5 Å². The molecule has 1 aliphatic heterocycles. The maximum absolute atomic E-state index is 12.9. The minimum Gasteiger partial charge on any atom is -0.499 e. The van der Waals surface area contributed by atoms with E-state index in [1.807, 2.05) is 6.92 Å². The normalized spacial score (nSPS) is 18.8. The van der Waals surface area contributed by atoms with Crippen molar-refractivity contribution in [2.75, 3.05) is 7.11 Å². The Labute approximate surface area is 162 Å². The molecule has 0 aromatic heterocycles. The molecular weight excluding hydrogens is 391 g/mol. The first kappa shape index (κ1) is 22.1.